The van der Waals surface area contributed by atoms with E-state index >= 15 is 0 Å². The molecule has 1 aliphatic rings. The largest absolute Gasteiger partial charge is 0.380 e. The van der Waals surface area contributed by atoms with Crippen LogP contribution in [-0.4, -0.2) is 65.0 Å². The maximum atomic E-state index is 12.3. The van der Waals surface area contributed by atoms with Crippen LogP contribution in [0.4, 0.5) is 17.3 Å². The van der Waals surface area contributed by atoms with E-state index < -0.39 is 0 Å². The molecule has 28 heavy (non-hydrogen) atoms. The van der Waals surface area contributed by atoms with Gasteiger partial charge in [-0.3, -0.25) is 4.79 Å². The van der Waals surface area contributed by atoms with Crippen LogP contribution in [0.3, 0.4) is 0 Å². The van der Waals surface area contributed by atoms with E-state index in [-0.39, 0.29) is 23.4 Å². The Morgan fingerprint density at radius 2 is 2.25 bits per heavy atom. The monoisotopic (exact) mass is 383 g/mol. The minimum Gasteiger partial charge on any atom is -0.380 e. The molecule has 0 aliphatic carbocycles. The van der Waals surface area contributed by atoms with Gasteiger partial charge in [-0.2, -0.15) is 5.26 Å². The molecule has 1 saturated heterocycles. The van der Waals surface area contributed by atoms with E-state index in [0.717, 1.165) is 13.1 Å². The molecular formula is C17H21N9O2. The van der Waals surface area contributed by atoms with Gasteiger partial charge in [0, 0.05) is 32.2 Å². The van der Waals surface area contributed by atoms with E-state index in [1.807, 2.05) is 13.0 Å². The van der Waals surface area contributed by atoms with Gasteiger partial charge in [-0.05, 0) is 6.92 Å². The van der Waals surface area contributed by atoms with Gasteiger partial charge in [-0.25, -0.2) is 9.97 Å². The molecule has 3 rings (SSSR count). The Labute approximate surface area is 161 Å². The van der Waals surface area contributed by atoms with Crippen molar-refractivity contribution in [2.24, 2.45) is 0 Å². The van der Waals surface area contributed by atoms with Crippen LogP contribution in [0.25, 0.3) is 0 Å². The zero-order valence-electron chi connectivity index (χ0n) is 15.4. The van der Waals surface area contributed by atoms with Crippen molar-refractivity contribution in [1.82, 2.24) is 30.8 Å². The molecule has 0 unspecified atom stereocenters. The summed E-state index contributed by atoms with van der Waals surface area (Å²) in [7, 11) is 0. The predicted molar refractivity (Wildman–Crippen MR) is 101 cm³/mol. The predicted octanol–water partition coefficient (Wildman–Crippen LogP) is 0.0319. The van der Waals surface area contributed by atoms with Crippen LogP contribution in [0.2, 0.25) is 0 Å². The topological polar surface area (TPSA) is 150 Å². The molecule has 0 spiro atoms. The molecule has 11 heteroatoms. The Bertz CT molecular complexity index is 845. The van der Waals surface area contributed by atoms with Crippen molar-refractivity contribution in [2.75, 3.05) is 43.4 Å². The third-order valence-corrected chi connectivity index (χ3v) is 3.89. The summed E-state index contributed by atoms with van der Waals surface area (Å²) >= 11 is 0. The maximum Gasteiger partial charge on any atom is 0.273 e. The molecule has 2 aromatic heterocycles. The Morgan fingerprint density at radius 1 is 1.36 bits per heavy atom. The van der Waals surface area contributed by atoms with Gasteiger partial charge in [0.1, 0.15) is 11.9 Å². The highest BCUT2D eigenvalue weighted by Gasteiger charge is 2.18. The van der Waals surface area contributed by atoms with Gasteiger partial charge >= 0.3 is 0 Å². The number of hydrogen-bond donors (Lipinski definition) is 4. The summed E-state index contributed by atoms with van der Waals surface area (Å²) in [5, 5.41) is 29.0. The Hall–Kier alpha value is -3.36. The van der Waals surface area contributed by atoms with Crippen LogP contribution in [0.15, 0.2) is 18.5 Å². The summed E-state index contributed by atoms with van der Waals surface area (Å²) < 4.78 is 5.67. The number of carbonyl (C=O) groups excluding carboxylic acids is 1. The van der Waals surface area contributed by atoms with Crippen LogP contribution in [0.5, 0.6) is 0 Å². The Balaban J connectivity index is 1.77. The second-order valence-electron chi connectivity index (χ2n) is 5.95. The number of amides is 1. The summed E-state index contributed by atoms with van der Waals surface area (Å²) in [5.74, 6) is 0.479. The molecule has 0 bridgehead atoms. The molecule has 146 valence electrons. The average molecular weight is 383 g/mol. The molecule has 0 radical (unpaired) electrons. The van der Waals surface area contributed by atoms with Crippen molar-refractivity contribution in [3.05, 3.63) is 29.8 Å². The number of nitrogens with one attached hydrogen (secondary N) is 4. The minimum atomic E-state index is -0.315. The maximum absolute atomic E-state index is 12.3. The van der Waals surface area contributed by atoms with Gasteiger partial charge in [-0.15, -0.1) is 10.2 Å². The van der Waals surface area contributed by atoms with E-state index in [0.29, 0.717) is 37.0 Å². The molecule has 3 heterocycles. The summed E-state index contributed by atoms with van der Waals surface area (Å²) in [6.45, 7) is 5.04. The van der Waals surface area contributed by atoms with Crippen molar-refractivity contribution in [3.8, 4) is 6.07 Å². The average Bonchev–Trinajstić information content (AvgIpc) is 2.74. The number of nitriles is 1. The molecule has 4 N–H and O–H groups in total. The number of hydrogen-bond acceptors (Lipinski definition) is 10. The standard InChI is InChI=1S/C17H21N9O2/c1-2-20-17(27)16-13(22-9-12-8-19-3-4-28-12)5-14(25-26-16)24-15-10-21-11(6-18)7-23-15/h5,7,10,12,19H,2-4,8-9H2,1H3,(H,20,27)(H2,22,23,24,25)/t12-/m1/s1. The van der Waals surface area contributed by atoms with Gasteiger partial charge in [0.15, 0.2) is 17.2 Å². The lowest BCUT2D eigenvalue weighted by molar-refractivity contribution is 0.0372. The quantitative estimate of drug-likeness (QED) is 0.516. The second kappa shape index (κ2) is 9.54. The van der Waals surface area contributed by atoms with E-state index in [9.17, 15) is 4.79 Å². The van der Waals surface area contributed by atoms with Crippen LogP contribution in [-0.2, 0) is 4.74 Å². The molecule has 1 amide bonds. The highest BCUT2D eigenvalue weighted by molar-refractivity contribution is 5.97. The Kier molecular flexibility index (Phi) is 6.61. The third kappa shape index (κ3) is 5.09. The lowest BCUT2D eigenvalue weighted by atomic mass is 10.2. The van der Waals surface area contributed by atoms with Crippen molar-refractivity contribution in [1.29, 1.82) is 5.26 Å². The Morgan fingerprint density at radius 3 is 2.93 bits per heavy atom. The van der Waals surface area contributed by atoms with Gasteiger partial charge in [0.25, 0.3) is 5.91 Å². The molecule has 11 nitrogen and oxygen atoms in total. The zero-order valence-corrected chi connectivity index (χ0v) is 15.4. The van der Waals surface area contributed by atoms with Crippen molar-refractivity contribution in [2.45, 2.75) is 13.0 Å². The molecule has 0 saturated carbocycles. The van der Waals surface area contributed by atoms with E-state index in [2.05, 4.69) is 41.4 Å². The molecule has 1 aliphatic heterocycles. The first kappa shape index (κ1) is 19.4. The summed E-state index contributed by atoms with van der Waals surface area (Å²) in [6, 6.07) is 3.58. The van der Waals surface area contributed by atoms with Gasteiger partial charge in [-0.1, -0.05) is 0 Å². The fourth-order valence-electron chi connectivity index (χ4n) is 2.56. The normalized spacial score (nSPS) is 16.1. The van der Waals surface area contributed by atoms with Crippen LogP contribution < -0.4 is 21.3 Å². The van der Waals surface area contributed by atoms with Crippen LogP contribution in [0.1, 0.15) is 23.1 Å². The smallest absolute Gasteiger partial charge is 0.273 e. The molecule has 0 aromatic carbocycles. The molecular weight excluding hydrogens is 362 g/mol. The molecule has 2 aromatic rings. The van der Waals surface area contributed by atoms with E-state index in [4.69, 9.17) is 10.00 Å². The molecule has 1 fully saturated rings. The summed E-state index contributed by atoms with van der Waals surface area (Å²) in [6.07, 6.45) is 2.77. The van der Waals surface area contributed by atoms with Crippen LogP contribution >= 0.6 is 0 Å². The van der Waals surface area contributed by atoms with Gasteiger partial charge in [0.05, 0.1) is 30.8 Å². The first-order valence-electron chi connectivity index (χ1n) is 8.91. The number of aromatic nitrogens is 4. The SMILES string of the molecule is CCNC(=O)c1nnc(Nc2cnc(C#N)cn2)cc1NC[C@H]1CNCCO1. The fraction of sp³-hybridized carbons (Fsp3) is 0.412. The number of ether oxygens (including phenoxy) is 1. The number of carbonyl (C=O) groups is 1. The van der Waals surface area contributed by atoms with E-state index in [1.165, 1.54) is 12.4 Å². The van der Waals surface area contributed by atoms with Crippen LogP contribution in [0, 0.1) is 11.3 Å². The fourth-order valence-corrected chi connectivity index (χ4v) is 2.56. The first-order chi connectivity index (χ1) is 13.7. The molecule has 1 atom stereocenters. The van der Waals surface area contributed by atoms with Crippen molar-refractivity contribution in [3.63, 3.8) is 0 Å². The van der Waals surface area contributed by atoms with Crippen molar-refractivity contribution >= 4 is 23.2 Å². The third-order valence-electron chi connectivity index (χ3n) is 3.89. The minimum absolute atomic E-state index is 0.00944. The number of nitrogens with zero attached hydrogens (tertiary/aromatic N) is 5. The highest BCUT2D eigenvalue weighted by Crippen LogP contribution is 2.19. The number of rotatable bonds is 7. The second-order valence-corrected chi connectivity index (χ2v) is 5.95. The first-order valence-corrected chi connectivity index (χ1v) is 8.91. The summed E-state index contributed by atoms with van der Waals surface area (Å²) in [5.41, 5.74) is 0.938. The summed E-state index contributed by atoms with van der Waals surface area (Å²) in [4.78, 5) is 20.3. The zero-order chi connectivity index (χ0) is 19.8. The highest BCUT2D eigenvalue weighted by atomic mass is 16.5. The van der Waals surface area contributed by atoms with E-state index in [1.54, 1.807) is 6.07 Å². The van der Waals surface area contributed by atoms with Gasteiger partial charge < -0.3 is 26.0 Å². The van der Waals surface area contributed by atoms with Crippen molar-refractivity contribution < 1.29 is 9.53 Å². The lowest BCUT2D eigenvalue weighted by Crippen LogP contribution is -2.42. The number of anilines is 3. The lowest BCUT2D eigenvalue weighted by Gasteiger charge is -2.24. The number of morpholine rings is 1. The van der Waals surface area contributed by atoms with Gasteiger partial charge in [0.2, 0.25) is 0 Å².